The van der Waals surface area contributed by atoms with E-state index in [1.807, 2.05) is 0 Å². The van der Waals surface area contributed by atoms with Crippen LogP contribution in [0.5, 0.6) is 0 Å². The maximum atomic E-state index is 12.1. The van der Waals surface area contributed by atoms with Gasteiger partial charge in [0, 0.05) is 20.3 Å². The molecule has 0 saturated carbocycles. The minimum Gasteiger partial charge on any atom is -0.465 e. The van der Waals surface area contributed by atoms with Gasteiger partial charge in [-0.05, 0) is 6.08 Å². The number of hydrogen-bond donors (Lipinski definition) is 0. The van der Waals surface area contributed by atoms with Gasteiger partial charge in [0.15, 0.2) is 0 Å². The summed E-state index contributed by atoms with van der Waals surface area (Å²) < 4.78 is 30.0. The molecule has 1 unspecified atom stereocenters. The first-order chi connectivity index (χ1) is 10.4. The Hall–Kier alpha value is -2.23. The summed E-state index contributed by atoms with van der Waals surface area (Å²) in [4.78, 5) is 35.7. The number of carbonyl (C=O) groups excluding carboxylic acids is 3. The SMILES string of the molecule is COC(=O)C1=C(C(=O)OC)C(OC)(OC)OC12C=CC(=O)O2. The van der Waals surface area contributed by atoms with Gasteiger partial charge >= 0.3 is 23.9 Å². The molecule has 2 aliphatic rings. The van der Waals surface area contributed by atoms with Crippen molar-refractivity contribution >= 4 is 17.9 Å². The molecule has 0 fully saturated rings. The summed E-state index contributed by atoms with van der Waals surface area (Å²) in [6, 6.07) is 0. The Morgan fingerprint density at radius 1 is 1.00 bits per heavy atom. The fraction of sp³-hybridized carbons (Fsp3) is 0.462. The smallest absolute Gasteiger partial charge is 0.342 e. The van der Waals surface area contributed by atoms with Crippen LogP contribution in [-0.4, -0.2) is 58.1 Å². The van der Waals surface area contributed by atoms with Crippen LogP contribution in [0.2, 0.25) is 0 Å². The Morgan fingerprint density at radius 3 is 1.95 bits per heavy atom. The van der Waals surface area contributed by atoms with Crippen molar-refractivity contribution in [2.24, 2.45) is 0 Å². The van der Waals surface area contributed by atoms with E-state index < -0.39 is 40.8 Å². The molecule has 0 amide bonds. The second-order valence-electron chi connectivity index (χ2n) is 4.22. The van der Waals surface area contributed by atoms with Crippen molar-refractivity contribution in [2.75, 3.05) is 28.4 Å². The molecule has 1 atom stereocenters. The Labute approximate surface area is 125 Å². The highest BCUT2D eigenvalue weighted by atomic mass is 16.9. The largest absolute Gasteiger partial charge is 0.465 e. The van der Waals surface area contributed by atoms with E-state index in [1.165, 1.54) is 14.2 Å². The van der Waals surface area contributed by atoms with Crippen LogP contribution in [0.25, 0.3) is 0 Å². The summed E-state index contributed by atoms with van der Waals surface area (Å²) >= 11 is 0. The van der Waals surface area contributed by atoms with Crippen molar-refractivity contribution < 1.29 is 42.8 Å². The van der Waals surface area contributed by atoms with Crippen molar-refractivity contribution in [3.05, 3.63) is 23.3 Å². The lowest BCUT2D eigenvalue weighted by Crippen LogP contribution is -2.43. The average molecular weight is 314 g/mol. The van der Waals surface area contributed by atoms with Gasteiger partial charge in [0.05, 0.1) is 14.2 Å². The summed E-state index contributed by atoms with van der Waals surface area (Å²) in [5, 5.41) is 0. The van der Waals surface area contributed by atoms with E-state index in [0.717, 1.165) is 26.4 Å². The number of esters is 3. The first kappa shape index (κ1) is 16.1. The maximum absolute atomic E-state index is 12.1. The molecule has 9 heteroatoms. The van der Waals surface area contributed by atoms with Gasteiger partial charge in [0.1, 0.15) is 11.1 Å². The molecule has 0 bridgehead atoms. The molecule has 0 aromatic carbocycles. The molecular weight excluding hydrogens is 300 g/mol. The first-order valence-corrected chi connectivity index (χ1v) is 6.04. The lowest BCUT2D eigenvalue weighted by molar-refractivity contribution is -0.373. The van der Waals surface area contributed by atoms with E-state index >= 15 is 0 Å². The van der Waals surface area contributed by atoms with Crippen LogP contribution in [-0.2, 0) is 42.8 Å². The Bertz CT molecular complexity index is 584. The molecule has 0 N–H and O–H groups in total. The molecule has 0 aliphatic carbocycles. The van der Waals surface area contributed by atoms with Crippen molar-refractivity contribution in [2.45, 2.75) is 11.8 Å². The number of methoxy groups -OCH3 is 4. The maximum Gasteiger partial charge on any atom is 0.342 e. The minimum atomic E-state index is -2.09. The van der Waals surface area contributed by atoms with E-state index in [1.54, 1.807) is 0 Å². The third-order valence-electron chi connectivity index (χ3n) is 3.20. The molecule has 0 saturated heterocycles. The fourth-order valence-corrected chi connectivity index (χ4v) is 2.26. The molecule has 2 rings (SSSR count). The molecule has 0 radical (unpaired) electrons. The summed E-state index contributed by atoms with van der Waals surface area (Å²) in [6.07, 6.45) is 2.20. The average Bonchev–Trinajstić information content (AvgIpc) is 3.04. The minimum absolute atomic E-state index is 0.396. The lowest BCUT2D eigenvalue weighted by Gasteiger charge is -2.30. The van der Waals surface area contributed by atoms with Gasteiger partial charge < -0.3 is 23.7 Å². The van der Waals surface area contributed by atoms with Gasteiger partial charge in [-0.15, -0.1) is 0 Å². The van der Waals surface area contributed by atoms with Crippen molar-refractivity contribution in [3.8, 4) is 0 Å². The molecule has 2 heterocycles. The van der Waals surface area contributed by atoms with Gasteiger partial charge in [-0.2, -0.15) is 0 Å². The van der Waals surface area contributed by atoms with E-state index in [4.69, 9.17) is 18.9 Å². The molecule has 2 aliphatic heterocycles. The topological polar surface area (TPSA) is 107 Å². The third-order valence-corrected chi connectivity index (χ3v) is 3.20. The number of ether oxygens (including phenoxy) is 6. The van der Waals surface area contributed by atoms with Crippen molar-refractivity contribution in [1.82, 2.24) is 0 Å². The summed E-state index contributed by atoms with van der Waals surface area (Å²) in [5.41, 5.74) is -0.807. The zero-order valence-corrected chi connectivity index (χ0v) is 12.3. The zero-order valence-electron chi connectivity index (χ0n) is 12.3. The quantitative estimate of drug-likeness (QED) is 0.382. The highest BCUT2D eigenvalue weighted by molar-refractivity contribution is 6.05. The van der Waals surface area contributed by atoms with E-state index in [0.29, 0.717) is 0 Å². The van der Waals surface area contributed by atoms with E-state index in [9.17, 15) is 14.4 Å². The molecular formula is C13H14O9. The third kappa shape index (κ3) is 2.10. The zero-order chi connectivity index (χ0) is 16.5. The van der Waals surface area contributed by atoms with Gasteiger partial charge in [-0.25, -0.2) is 14.4 Å². The molecule has 22 heavy (non-hydrogen) atoms. The summed E-state index contributed by atoms with van der Waals surface area (Å²) in [5.74, 6) is -6.77. The monoisotopic (exact) mass is 314 g/mol. The van der Waals surface area contributed by atoms with Gasteiger partial charge in [0.2, 0.25) is 0 Å². The van der Waals surface area contributed by atoms with Crippen LogP contribution in [0, 0.1) is 0 Å². The molecule has 120 valence electrons. The molecule has 0 aromatic rings. The van der Waals surface area contributed by atoms with Crippen LogP contribution in [0.3, 0.4) is 0 Å². The van der Waals surface area contributed by atoms with Gasteiger partial charge in [-0.1, -0.05) is 0 Å². The Balaban J connectivity index is 2.73. The van der Waals surface area contributed by atoms with Crippen LogP contribution < -0.4 is 0 Å². The van der Waals surface area contributed by atoms with Crippen LogP contribution in [0.1, 0.15) is 0 Å². The predicted octanol–water partition coefficient (Wildman–Crippen LogP) is -0.585. The van der Waals surface area contributed by atoms with Gasteiger partial charge in [0.25, 0.3) is 5.79 Å². The van der Waals surface area contributed by atoms with Crippen LogP contribution in [0.15, 0.2) is 23.3 Å². The predicted molar refractivity (Wildman–Crippen MR) is 66.9 cm³/mol. The number of rotatable bonds is 4. The number of hydrogen-bond acceptors (Lipinski definition) is 9. The lowest BCUT2D eigenvalue weighted by atomic mass is 10.0. The molecule has 9 nitrogen and oxygen atoms in total. The highest BCUT2D eigenvalue weighted by Crippen LogP contribution is 2.48. The molecule has 0 aromatic heterocycles. The normalized spacial score (nSPS) is 25.5. The van der Waals surface area contributed by atoms with Crippen LogP contribution in [0.4, 0.5) is 0 Å². The fourth-order valence-electron chi connectivity index (χ4n) is 2.26. The van der Waals surface area contributed by atoms with Crippen molar-refractivity contribution in [1.29, 1.82) is 0 Å². The molecule has 1 spiro atoms. The van der Waals surface area contributed by atoms with E-state index in [-0.39, 0.29) is 0 Å². The van der Waals surface area contributed by atoms with Gasteiger partial charge in [-0.3, -0.25) is 4.74 Å². The van der Waals surface area contributed by atoms with Crippen molar-refractivity contribution in [3.63, 3.8) is 0 Å². The highest BCUT2D eigenvalue weighted by Gasteiger charge is 2.64. The van der Waals surface area contributed by atoms with E-state index in [2.05, 4.69) is 9.47 Å². The second-order valence-corrected chi connectivity index (χ2v) is 4.22. The summed E-state index contributed by atoms with van der Waals surface area (Å²) in [6.45, 7) is 0. The van der Waals surface area contributed by atoms with Crippen LogP contribution >= 0.6 is 0 Å². The Morgan fingerprint density at radius 2 is 1.55 bits per heavy atom. The Kier molecular flexibility index (Phi) is 4.05. The first-order valence-electron chi connectivity index (χ1n) is 6.04. The summed E-state index contributed by atoms with van der Waals surface area (Å²) in [7, 11) is 4.56. The standard InChI is InChI=1S/C13H14O9/c1-17-10(15)8-9(11(16)18-2)13(19-3,20-4)22-12(8)6-5-7(14)21-12/h5-6H,1-4H3. The second kappa shape index (κ2) is 5.52. The number of carbonyl (C=O) groups is 3.